The van der Waals surface area contributed by atoms with Crippen LogP contribution in [0.15, 0.2) is 24.4 Å². The molecule has 2 spiro atoms. The highest BCUT2D eigenvalue weighted by atomic mass is 32.2. The summed E-state index contributed by atoms with van der Waals surface area (Å²) in [4.78, 5) is 16.6. The van der Waals surface area contributed by atoms with Crippen LogP contribution in [0, 0.1) is 29.6 Å². The highest BCUT2D eigenvalue weighted by Crippen LogP contribution is 2.63. The molecule has 7 nitrogen and oxygen atoms in total. The molecule has 2 heterocycles. The van der Waals surface area contributed by atoms with Gasteiger partial charge in [0.05, 0.1) is 15.5 Å². The molecule has 1 aliphatic heterocycles. The number of pyridine rings is 1. The molecule has 1 unspecified atom stereocenters. The summed E-state index contributed by atoms with van der Waals surface area (Å²) in [6.45, 7) is 1.88. The van der Waals surface area contributed by atoms with E-state index < -0.39 is 21.4 Å². The normalized spacial score (nSPS) is 42.8. The van der Waals surface area contributed by atoms with Crippen LogP contribution in [0.1, 0.15) is 63.5 Å². The SMILES string of the molecule is C=S(C)(=O)O.c1ccc(CNCC2CCC3(CC2)OOC2(O3)C3CC4CC(C3)CC2C4)nc1. The second kappa shape index (κ2) is 9.21. The first-order chi connectivity index (χ1) is 15.7. The molecule has 1 saturated heterocycles. The van der Waals surface area contributed by atoms with Crippen molar-refractivity contribution in [1.82, 2.24) is 10.3 Å². The Kier molecular flexibility index (Phi) is 6.61. The third kappa shape index (κ3) is 5.31. The van der Waals surface area contributed by atoms with Crippen LogP contribution in [-0.4, -0.2) is 44.0 Å². The van der Waals surface area contributed by atoms with Gasteiger partial charge in [0.25, 0.3) is 0 Å². The van der Waals surface area contributed by atoms with Gasteiger partial charge in [0.15, 0.2) is 0 Å². The minimum absolute atomic E-state index is 0.419. The van der Waals surface area contributed by atoms with Gasteiger partial charge in [0.1, 0.15) is 0 Å². The van der Waals surface area contributed by atoms with Crippen molar-refractivity contribution in [2.24, 2.45) is 29.6 Å². The topological polar surface area (TPSA) is 89.9 Å². The molecule has 6 fully saturated rings. The molecule has 33 heavy (non-hydrogen) atoms. The van der Waals surface area contributed by atoms with Crippen molar-refractivity contribution >= 4 is 15.7 Å². The number of ether oxygens (including phenoxy) is 1. The first-order valence-electron chi connectivity index (χ1n) is 12.5. The monoisotopic (exact) mass is 478 g/mol. The zero-order chi connectivity index (χ0) is 23.1. The summed E-state index contributed by atoms with van der Waals surface area (Å²) < 4.78 is 24.4. The van der Waals surface area contributed by atoms with E-state index in [4.69, 9.17) is 19.1 Å². The summed E-state index contributed by atoms with van der Waals surface area (Å²) in [6, 6.07) is 6.08. The average molecular weight is 479 g/mol. The average Bonchev–Trinajstić information content (AvgIpc) is 3.13. The lowest BCUT2D eigenvalue weighted by molar-refractivity contribution is -0.390. The number of aromatic nitrogens is 1. The number of hydrogen-bond acceptors (Lipinski definition) is 6. The zero-order valence-corrected chi connectivity index (χ0v) is 20.4. The van der Waals surface area contributed by atoms with Crippen molar-refractivity contribution in [3.05, 3.63) is 30.1 Å². The lowest BCUT2D eigenvalue weighted by atomic mass is 9.53. The van der Waals surface area contributed by atoms with E-state index >= 15 is 0 Å². The fourth-order valence-corrected chi connectivity index (χ4v) is 7.02. The second-order valence-corrected chi connectivity index (χ2v) is 13.0. The van der Waals surface area contributed by atoms with E-state index in [1.54, 1.807) is 0 Å². The van der Waals surface area contributed by atoms with Crippen LogP contribution in [0.25, 0.3) is 0 Å². The van der Waals surface area contributed by atoms with E-state index in [-0.39, 0.29) is 0 Å². The standard InChI is InChI=1S/C23H32N2O3.C2H6O2S/c1-2-8-25-21(3-1)15-24-14-16-4-6-22(7-5-16)26-23(28-27-22)19-10-17-9-18(12-19)13-20(23)11-17;1-5(2,3)4/h1-3,8,16-20,24H,4-7,9-15H2;1H2,2H3,(H,3,4). The predicted octanol–water partition coefficient (Wildman–Crippen LogP) is 3.99. The highest BCUT2D eigenvalue weighted by Gasteiger charge is 2.66. The van der Waals surface area contributed by atoms with Gasteiger partial charge < -0.3 is 14.6 Å². The van der Waals surface area contributed by atoms with E-state index in [0.29, 0.717) is 17.8 Å². The molecule has 7 rings (SSSR count). The van der Waals surface area contributed by atoms with E-state index in [0.717, 1.165) is 62.6 Å². The Bertz CT molecular complexity index is 878. The van der Waals surface area contributed by atoms with Crippen molar-refractivity contribution in [1.29, 1.82) is 0 Å². The van der Waals surface area contributed by atoms with E-state index in [1.165, 1.54) is 32.1 Å². The molecular formula is C25H38N2O5S. The van der Waals surface area contributed by atoms with Gasteiger partial charge in [-0.3, -0.25) is 4.98 Å². The van der Waals surface area contributed by atoms with E-state index in [9.17, 15) is 4.21 Å². The van der Waals surface area contributed by atoms with Crippen molar-refractivity contribution in [2.75, 3.05) is 12.8 Å². The second-order valence-electron chi connectivity index (χ2n) is 11.1. The fraction of sp³-hybridized carbons (Fsp3) is 0.760. The molecule has 4 bridgehead atoms. The summed E-state index contributed by atoms with van der Waals surface area (Å²) >= 11 is 0. The number of nitrogens with zero attached hydrogens (tertiary/aromatic N) is 1. The lowest BCUT2D eigenvalue weighted by Gasteiger charge is -2.57. The third-order valence-corrected chi connectivity index (χ3v) is 8.28. The summed E-state index contributed by atoms with van der Waals surface area (Å²) in [5.41, 5.74) is 1.11. The Hall–Kier alpha value is -1.03. The van der Waals surface area contributed by atoms with Gasteiger partial charge in [0, 0.05) is 43.7 Å². The fourth-order valence-electron chi connectivity index (χ4n) is 7.02. The predicted molar refractivity (Wildman–Crippen MR) is 127 cm³/mol. The quantitative estimate of drug-likeness (QED) is 0.499. The van der Waals surface area contributed by atoms with Crippen molar-refractivity contribution in [2.45, 2.75) is 75.9 Å². The van der Waals surface area contributed by atoms with Gasteiger partial charge in [0.2, 0.25) is 11.6 Å². The molecule has 0 radical (unpaired) electrons. The molecule has 0 aromatic carbocycles. The Morgan fingerprint density at radius 1 is 1.12 bits per heavy atom. The summed E-state index contributed by atoms with van der Waals surface area (Å²) in [6.07, 6.45) is 13.8. The van der Waals surface area contributed by atoms with Crippen LogP contribution in [-0.2, 0) is 30.9 Å². The Morgan fingerprint density at radius 3 is 2.33 bits per heavy atom. The molecule has 1 aromatic rings. The smallest absolute Gasteiger partial charge is 0.210 e. The first kappa shape index (κ1) is 23.7. The Balaban J connectivity index is 0.000000416. The van der Waals surface area contributed by atoms with Crippen LogP contribution in [0.5, 0.6) is 0 Å². The van der Waals surface area contributed by atoms with Crippen LogP contribution in [0.4, 0.5) is 0 Å². The van der Waals surface area contributed by atoms with Crippen molar-refractivity contribution in [3.63, 3.8) is 0 Å². The Morgan fingerprint density at radius 2 is 1.76 bits per heavy atom. The number of hydrogen-bond donors (Lipinski definition) is 2. The van der Waals surface area contributed by atoms with Crippen LogP contribution >= 0.6 is 0 Å². The molecular weight excluding hydrogens is 440 g/mol. The van der Waals surface area contributed by atoms with Crippen LogP contribution < -0.4 is 5.32 Å². The minimum Gasteiger partial charge on any atom is -0.314 e. The van der Waals surface area contributed by atoms with Crippen LogP contribution in [0.2, 0.25) is 0 Å². The molecule has 5 saturated carbocycles. The molecule has 1 atom stereocenters. The molecule has 6 aliphatic rings. The van der Waals surface area contributed by atoms with Gasteiger partial charge in [-0.15, -0.1) is 0 Å². The first-order valence-corrected chi connectivity index (χ1v) is 14.5. The van der Waals surface area contributed by atoms with Gasteiger partial charge in [-0.1, -0.05) is 6.07 Å². The number of rotatable bonds is 4. The maximum Gasteiger partial charge on any atom is 0.210 e. The maximum absolute atomic E-state index is 9.63. The molecule has 1 aromatic heterocycles. The minimum atomic E-state index is -2.67. The number of nitrogens with one attached hydrogen (secondary N) is 1. The zero-order valence-electron chi connectivity index (χ0n) is 19.6. The summed E-state index contributed by atoms with van der Waals surface area (Å²) in [5.74, 6) is 5.58. The molecule has 0 amide bonds. The van der Waals surface area contributed by atoms with Gasteiger partial charge in [-0.2, -0.15) is 9.78 Å². The molecule has 8 heteroatoms. The van der Waals surface area contributed by atoms with E-state index in [2.05, 4.69) is 22.2 Å². The largest absolute Gasteiger partial charge is 0.314 e. The van der Waals surface area contributed by atoms with Gasteiger partial charge >= 0.3 is 0 Å². The van der Waals surface area contributed by atoms with Crippen LogP contribution in [0.3, 0.4) is 0 Å². The van der Waals surface area contributed by atoms with Gasteiger partial charge in [-0.25, -0.2) is 4.21 Å². The lowest BCUT2D eigenvalue weighted by Crippen LogP contribution is -2.59. The van der Waals surface area contributed by atoms with Crippen molar-refractivity contribution < 1.29 is 23.3 Å². The Labute approximate surface area is 197 Å². The highest BCUT2D eigenvalue weighted by molar-refractivity contribution is 7.94. The van der Waals surface area contributed by atoms with E-state index in [1.807, 2.05) is 18.3 Å². The third-order valence-electron chi connectivity index (χ3n) is 8.28. The maximum atomic E-state index is 9.63. The molecule has 5 aliphatic carbocycles. The van der Waals surface area contributed by atoms with Crippen molar-refractivity contribution in [3.8, 4) is 0 Å². The van der Waals surface area contributed by atoms with Gasteiger partial charge in [-0.05, 0) is 87.2 Å². The molecule has 2 N–H and O–H groups in total. The summed E-state index contributed by atoms with van der Waals surface area (Å²) in [5, 5.41) is 3.57. The summed E-state index contributed by atoms with van der Waals surface area (Å²) in [7, 11) is -2.67. The molecule has 184 valence electrons.